The maximum absolute atomic E-state index is 12.1. The summed E-state index contributed by atoms with van der Waals surface area (Å²) in [6, 6.07) is 0. The molecule has 17 heavy (non-hydrogen) atoms. The summed E-state index contributed by atoms with van der Waals surface area (Å²) in [6.45, 7) is 11.4. The smallest absolute Gasteiger partial charge is 0.137 e. The standard InChI is InChI=1S/C15H27NO/c1-14(2)8-6-13(17)12(10-14)11-16-9-5-7-15(16,3)4/h12H,5-11H2,1-4H3. The van der Waals surface area contributed by atoms with Gasteiger partial charge in [0.05, 0.1) is 0 Å². The van der Waals surface area contributed by atoms with Gasteiger partial charge in [0.15, 0.2) is 0 Å². The van der Waals surface area contributed by atoms with Crippen molar-refractivity contribution in [3.05, 3.63) is 0 Å². The number of rotatable bonds is 2. The first-order valence-electron chi connectivity index (χ1n) is 7.08. The van der Waals surface area contributed by atoms with Crippen molar-refractivity contribution in [2.24, 2.45) is 11.3 Å². The molecule has 1 aliphatic heterocycles. The Morgan fingerprint density at radius 1 is 1.24 bits per heavy atom. The number of carbonyl (C=O) groups is 1. The van der Waals surface area contributed by atoms with Gasteiger partial charge >= 0.3 is 0 Å². The van der Waals surface area contributed by atoms with Gasteiger partial charge in [-0.2, -0.15) is 0 Å². The summed E-state index contributed by atoms with van der Waals surface area (Å²) in [5.41, 5.74) is 0.671. The fourth-order valence-electron chi connectivity index (χ4n) is 3.48. The van der Waals surface area contributed by atoms with E-state index in [0.29, 0.717) is 16.7 Å². The van der Waals surface area contributed by atoms with Crippen molar-refractivity contribution in [1.82, 2.24) is 4.90 Å². The Bertz CT molecular complexity index is 306. The monoisotopic (exact) mass is 237 g/mol. The van der Waals surface area contributed by atoms with E-state index in [1.54, 1.807) is 0 Å². The molecular weight excluding hydrogens is 210 g/mol. The Morgan fingerprint density at radius 3 is 2.53 bits per heavy atom. The molecule has 0 N–H and O–H groups in total. The fraction of sp³-hybridized carbons (Fsp3) is 0.933. The maximum atomic E-state index is 12.1. The molecule has 1 atom stereocenters. The third kappa shape index (κ3) is 2.90. The van der Waals surface area contributed by atoms with Crippen molar-refractivity contribution in [3.8, 4) is 0 Å². The Hall–Kier alpha value is -0.370. The normalized spacial score (nSPS) is 32.9. The molecule has 1 unspecified atom stereocenters. The summed E-state index contributed by atoms with van der Waals surface area (Å²) in [4.78, 5) is 14.6. The van der Waals surface area contributed by atoms with Gasteiger partial charge in [-0.05, 0) is 51.5 Å². The minimum atomic E-state index is 0.288. The van der Waals surface area contributed by atoms with Crippen molar-refractivity contribution in [1.29, 1.82) is 0 Å². The van der Waals surface area contributed by atoms with E-state index in [1.807, 2.05) is 0 Å². The second-order valence-electron chi connectivity index (χ2n) is 7.39. The van der Waals surface area contributed by atoms with Crippen molar-refractivity contribution < 1.29 is 4.79 Å². The first-order valence-corrected chi connectivity index (χ1v) is 7.08. The van der Waals surface area contributed by atoms with E-state index in [0.717, 1.165) is 25.8 Å². The van der Waals surface area contributed by atoms with Crippen LogP contribution in [0.1, 0.15) is 59.8 Å². The van der Waals surface area contributed by atoms with Crippen LogP contribution in [0.3, 0.4) is 0 Å². The highest BCUT2D eigenvalue weighted by Crippen LogP contribution is 2.38. The minimum absolute atomic E-state index is 0.288. The number of carbonyl (C=O) groups excluding carboxylic acids is 1. The molecule has 98 valence electrons. The molecule has 2 heteroatoms. The molecule has 1 heterocycles. The van der Waals surface area contributed by atoms with Crippen LogP contribution in [0.15, 0.2) is 0 Å². The van der Waals surface area contributed by atoms with Crippen LogP contribution in [0.4, 0.5) is 0 Å². The summed E-state index contributed by atoms with van der Waals surface area (Å²) in [5.74, 6) is 0.795. The van der Waals surface area contributed by atoms with Gasteiger partial charge in [-0.1, -0.05) is 13.8 Å². The predicted molar refractivity (Wildman–Crippen MR) is 71.0 cm³/mol. The van der Waals surface area contributed by atoms with Gasteiger partial charge in [0.2, 0.25) is 0 Å². The molecule has 2 rings (SSSR count). The lowest BCUT2D eigenvalue weighted by molar-refractivity contribution is -0.128. The molecule has 0 aromatic carbocycles. The summed E-state index contributed by atoms with van der Waals surface area (Å²) >= 11 is 0. The first kappa shape index (κ1) is 13.1. The predicted octanol–water partition coefficient (Wildman–Crippen LogP) is 3.26. The van der Waals surface area contributed by atoms with E-state index in [9.17, 15) is 4.79 Å². The van der Waals surface area contributed by atoms with Crippen molar-refractivity contribution in [2.75, 3.05) is 13.1 Å². The highest BCUT2D eigenvalue weighted by molar-refractivity contribution is 5.82. The number of hydrogen-bond donors (Lipinski definition) is 0. The Morgan fingerprint density at radius 2 is 1.94 bits per heavy atom. The van der Waals surface area contributed by atoms with Gasteiger partial charge in [0.25, 0.3) is 0 Å². The molecule has 1 saturated heterocycles. The van der Waals surface area contributed by atoms with Crippen LogP contribution in [0.25, 0.3) is 0 Å². The van der Waals surface area contributed by atoms with E-state index in [1.165, 1.54) is 19.4 Å². The fourth-order valence-corrected chi connectivity index (χ4v) is 3.48. The molecule has 0 bridgehead atoms. The lowest BCUT2D eigenvalue weighted by Gasteiger charge is -2.39. The van der Waals surface area contributed by atoms with E-state index in [2.05, 4.69) is 32.6 Å². The molecule has 2 nitrogen and oxygen atoms in total. The van der Waals surface area contributed by atoms with E-state index in [4.69, 9.17) is 0 Å². The number of ketones is 1. The van der Waals surface area contributed by atoms with Gasteiger partial charge in [-0.15, -0.1) is 0 Å². The Balaban J connectivity index is 2.00. The van der Waals surface area contributed by atoms with E-state index >= 15 is 0 Å². The third-order valence-corrected chi connectivity index (χ3v) is 4.82. The SMILES string of the molecule is CC1(C)CCC(=O)C(CN2CCCC2(C)C)C1. The zero-order valence-electron chi connectivity index (χ0n) is 11.9. The van der Waals surface area contributed by atoms with Crippen LogP contribution >= 0.6 is 0 Å². The van der Waals surface area contributed by atoms with Crippen molar-refractivity contribution >= 4 is 5.78 Å². The van der Waals surface area contributed by atoms with Crippen LogP contribution < -0.4 is 0 Å². The number of nitrogens with zero attached hydrogens (tertiary/aromatic N) is 1. The van der Waals surface area contributed by atoms with Gasteiger partial charge in [0, 0.05) is 24.4 Å². The second kappa shape index (κ2) is 4.38. The molecular formula is C15H27NO. The largest absolute Gasteiger partial charge is 0.299 e. The lowest BCUT2D eigenvalue weighted by Crippen LogP contribution is -2.45. The van der Waals surface area contributed by atoms with E-state index < -0.39 is 0 Å². The van der Waals surface area contributed by atoms with Crippen LogP contribution in [0.2, 0.25) is 0 Å². The van der Waals surface area contributed by atoms with Crippen molar-refractivity contribution in [3.63, 3.8) is 0 Å². The molecule has 0 aromatic rings. The minimum Gasteiger partial charge on any atom is -0.299 e. The zero-order chi connectivity index (χ0) is 12.7. The van der Waals surface area contributed by atoms with Gasteiger partial charge in [-0.3, -0.25) is 9.69 Å². The van der Waals surface area contributed by atoms with Gasteiger partial charge in [0.1, 0.15) is 5.78 Å². The summed E-state index contributed by atoms with van der Waals surface area (Å²) < 4.78 is 0. The molecule has 1 aliphatic carbocycles. The molecule has 1 saturated carbocycles. The Labute approximate surface area is 106 Å². The molecule has 0 aromatic heterocycles. The summed E-state index contributed by atoms with van der Waals surface area (Å²) in [5, 5.41) is 0. The highest BCUT2D eigenvalue weighted by atomic mass is 16.1. The molecule has 0 radical (unpaired) electrons. The summed E-state index contributed by atoms with van der Waals surface area (Å²) in [7, 11) is 0. The number of Topliss-reactive ketones (excluding diaryl/α,β-unsaturated/α-hetero) is 1. The zero-order valence-corrected chi connectivity index (χ0v) is 11.9. The highest BCUT2D eigenvalue weighted by Gasteiger charge is 2.38. The molecule has 2 fully saturated rings. The molecule has 0 spiro atoms. The van der Waals surface area contributed by atoms with Crippen LogP contribution in [0, 0.1) is 11.3 Å². The summed E-state index contributed by atoms with van der Waals surface area (Å²) in [6.07, 6.45) is 5.52. The average Bonchev–Trinajstić information content (AvgIpc) is 2.52. The van der Waals surface area contributed by atoms with Crippen LogP contribution in [0.5, 0.6) is 0 Å². The lowest BCUT2D eigenvalue weighted by atomic mass is 9.71. The molecule has 2 aliphatic rings. The van der Waals surface area contributed by atoms with Crippen molar-refractivity contribution in [2.45, 2.75) is 65.3 Å². The second-order valence-corrected chi connectivity index (χ2v) is 7.39. The quantitative estimate of drug-likeness (QED) is 0.735. The average molecular weight is 237 g/mol. The van der Waals surface area contributed by atoms with Gasteiger partial charge in [-0.25, -0.2) is 0 Å². The van der Waals surface area contributed by atoms with Crippen LogP contribution in [-0.4, -0.2) is 29.3 Å². The number of hydrogen-bond acceptors (Lipinski definition) is 2. The van der Waals surface area contributed by atoms with Crippen LogP contribution in [-0.2, 0) is 4.79 Å². The topological polar surface area (TPSA) is 20.3 Å². The first-order chi connectivity index (χ1) is 7.80. The van der Waals surface area contributed by atoms with E-state index in [-0.39, 0.29) is 5.92 Å². The van der Waals surface area contributed by atoms with Gasteiger partial charge < -0.3 is 0 Å². The third-order valence-electron chi connectivity index (χ3n) is 4.82. The Kier molecular flexibility index (Phi) is 3.37. The number of likely N-dealkylation sites (tertiary alicyclic amines) is 1. The molecule has 0 amide bonds. The maximum Gasteiger partial charge on any atom is 0.137 e.